The van der Waals surface area contributed by atoms with Crippen LogP contribution in [-0.4, -0.2) is 49.0 Å². The Bertz CT molecular complexity index is 1090. The Morgan fingerprint density at radius 1 is 1.13 bits per heavy atom. The SMILES string of the molecule is C=C1CN(C(=O)OCc2ccccc2)C[C@]23Nc4ccccc4[C@]12CCN3[SH](=O)=O. The maximum absolute atomic E-state index is 12.9. The Balaban J connectivity index is 1.48. The number of hydrogen-bond acceptors (Lipinski definition) is 5. The molecule has 0 unspecified atom stereocenters. The van der Waals surface area contributed by atoms with Crippen LogP contribution in [0.15, 0.2) is 66.7 Å². The number of benzene rings is 2. The quantitative estimate of drug-likeness (QED) is 0.584. The van der Waals surface area contributed by atoms with Crippen LogP contribution in [0.2, 0.25) is 0 Å². The molecule has 1 N–H and O–H groups in total. The van der Waals surface area contributed by atoms with Gasteiger partial charge in [-0.15, -0.1) is 0 Å². The summed E-state index contributed by atoms with van der Waals surface area (Å²) < 4.78 is 31.4. The smallest absolute Gasteiger partial charge is 0.410 e. The van der Waals surface area contributed by atoms with E-state index in [2.05, 4.69) is 11.9 Å². The monoisotopic (exact) mass is 425 g/mol. The van der Waals surface area contributed by atoms with Crippen molar-refractivity contribution in [1.29, 1.82) is 0 Å². The van der Waals surface area contributed by atoms with E-state index in [9.17, 15) is 13.2 Å². The zero-order valence-corrected chi connectivity index (χ0v) is 17.3. The molecule has 0 radical (unpaired) electrons. The van der Waals surface area contributed by atoms with Gasteiger partial charge >= 0.3 is 6.09 Å². The summed E-state index contributed by atoms with van der Waals surface area (Å²) in [4.78, 5) is 14.5. The van der Waals surface area contributed by atoms with E-state index < -0.39 is 28.1 Å². The number of nitrogens with zero attached hydrogens (tertiary/aromatic N) is 2. The number of carbonyl (C=O) groups is 1. The van der Waals surface area contributed by atoms with Gasteiger partial charge in [-0.2, -0.15) is 4.31 Å². The average molecular weight is 426 g/mol. The Morgan fingerprint density at radius 3 is 2.63 bits per heavy atom. The normalized spacial score (nSPS) is 27.4. The number of fused-ring (bicyclic) bond motifs is 1. The first-order valence-electron chi connectivity index (χ1n) is 9.91. The second-order valence-electron chi connectivity index (χ2n) is 8.05. The van der Waals surface area contributed by atoms with Gasteiger partial charge in [0.15, 0.2) is 0 Å². The lowest BCUT2D eigenvalue weighted by molar-refractivity contribution is 0.0607. The first-order chi connectivity index (χ1) is 14.5. The van der Waals surface area contributed by atoms with Crippen molar-refractivity contribution >= 4 is 22.7 Å². The molecule has 7 nitrogen and oxygen atoms in total. The van der Waals surface area contributed by atoms with Gasteiger partial charge < -0.3 is 15.0 Å². The molecule has 0 spiro atoms. The van der Waals surface area contributed by atoms with Gasteiger partial charge in [0.2, 0.25) is 10.9 Å². The molecule has 3 aliphatic heterocycles. The third-order valence-electron chi connectivity index (χ3n) is 6.64. The molecule has 0 saturated carbocycles. The molecule has 2 saturated heterocycles. The third kappa shape index (κ3) is 2.53. The molecule has 0 aromatic heterocycles. The molecule has 8 heteroatoms. The topological polar surface area (TPSA) is 79.0 Å². The average Bonchev–Trinajstić information content (AvgIpc) is 3.23. The molecule has 2 aromatic rings. The highest BCUT2D eigenvalue weighted by Crippen LogP contribution is 2.60. The van der Waals surface area contributed by atoms with Crippen LogP contribution < -0.4 is 5.32 Å². The van der Waals surface area contributed by atoms with Crippen LogP contribution in [0.3, 0.4) is 0 Å². The number of ether oxygens (including phenoxy) is 1. The fourth-order valence-corrected chi connectivity index (χ4v) is 6.21. The predicted octanol–water partition coefficient (Wildman–Crippen LogP) is 2.49. The van der Waals surface area contributed by atoms with Crippen molar-refractivity contribution in [1.82, 2.24) is 9.21 Å². The maximum atomic E-state index is 12.9. The van der Waals surface area contributed by atoms with Crippen molar-refractivity contribution in [2.75, 3.05) is 25.0 Å². The van der Waals surface area contributed by atoms with Gasteiger partial charge in [-0.25, -0.2) is 13.2 Å². The zero-order chi connectivity index (χ0) is 20.9. The number of hydrogen-bond donors (Lipinski definition) is 2. The van der Waals surface area contributed by atoms with Crippen molar-refractivity contribution in [2.45, 2.75) is 24.1 Å². The summed E-state index contributed by atoms with van der Waals surface area (Å²) in [5.74, 6) is 0. The predicted molar refractivity (Wildman–Crippen MR) is 113 cm³/mol. The first kappa shape index (κ1) is 19.1. The van der Waals surface area contributed by atoms with Gasteiger partial charge in [0.1, 0.15) is 12.3 Å². The minimum atomic E-state index is -2.84. The molecule has 156 valence electrons. The lowest BCUT2D eigenvalue weighted by atomic mass is 9.65. The molecular formula is C22H23N3O4S. The van der Waals surface area contributed by atoms with Crippen LogP contribution in [0.4, 0.5) is 10.5 Å². The minimum Gasteiger partial charge on any atom is -0.445 e. The number of carbonyl (C=O) groups excluding carboxylic acids is 1. The standard InChI is InChI=1S/C22H23N3O4S/c1-16-13-24(20(26)29-14-17-7-3-2-4-8-17)15-22-21(16,11-12-25(22)30(27)28)18-9-5-6-10-19(18)23-22/h2-10,23,30H,1,11-15H2/t21-,22+/m0/s1. The van der Waals surface area contributed by atoms with E-state index in [1.165, 1.54) is 4.31 Å². The molecule has 5 rings (SSSR count). The summed E-state index contributed by atoms with van der Waals surface area (Å²) in [5, 5.41) is 3.45. The molecule has 1 amide bonds. The van der Waals surface area contributed by atoms with Gasteiger partial charge in [-0.3, -0.25) is 0 Å². The van der Waals surface area contributed by atoms with Crippen molar-refractivity contribution in [3.8, 4) is 0 Å². The molecule has 3 heterocycles. The first-order valence-corrected chi connectivity index (χ1v) is 11.0. The maximum Gasteiger partial charge on any atom is 0.410 e. The van der Waals surface area contributed by atoms with Crippen LogP contribution in [0.1, 0.15) is 17.5 Å². The van der Waals surface area contributed by atoms with Gasteiger partial charge in [-0.05, 0) is 29.2 Å². The van der Waals surface area contributed by atoms with Gasteiger partial charge in [-0.1, -0.05) is 55.1 Å². The number of rotatable bonds is 3. The van der Waals surface area contributed by atoms with Gasteiger partial charge in [0.05, 0.1) is 12.0 Å². The molecule has 0 aliphatic carbocycles. The van der Waals surface area contributed by atoms with E-state index >= 15 is 0 Å². The summed E-state index contributed by atoms with van der Waals surface area (Å²) in [6, 6.07) is 17.3. The van der Waals surface area contributed by atoms with E-state index in [0.29, 0.717) is 19.5 Å². The molecule has 30 heavy (non-hydrogen) atoms. The number of nitrogens with one attached hydrogen (secondary N) is 1. The van der Waals surface area contributed by atoms with Crippen LogP contribution in [0.25, 0.3) is 0 Å². The number of thiol groups is 1. The van der Waals surface area contributed by atoms with Crippen molar-refractivity contribution in [3.05, 3.63) is 77.9 Å². The van der Waals surface area contributed by atoms with Gasteiger partial charge in [0, 0.05) is 18.8 Å². The second kappa shape index (κ2) is 6.85. The Hall–Kier alpha value is -2.84. The molecule has 3 aliphatic rings. The minimum absolute atomic E-state index is 0.161. The highest BCUT2D eigenvalue weighted by Gasteiger charge is 2.69. The number of para-hydroxylation sites is 1. The summed E-state index contributed by atoms with van der Waals surface area (Å²) in [6.45, 7) is 5.38. The number of amides is 1. The molecule has 0 bridgehead atoms. The summed E-state index contributed by atoms with van der Waals surface area (Å²) in [5.41, 5.74) is 2.11. The van der Waals surface area contributed by atoms with Crippen LogP contribution in [0, 0.1) is 0 Å². The van der Waals surface area contributed by atoms with Crippen LogP contribution >= 0.6 is 0 Å². The van der Waals surface area contributed by atoms with Crippen molar-refractivity contribution in [3.63, 3.8) is 0 Å². The summed E-state index contributed by atoms with van der Waals surface area (Å²) in [7, 11) is -2.84. The molecule has 2 aromatic carbocycles. The van der Waals surface area contributed by atoms with Crippen LogP contribution in [-0.2, 0) is 27.6 Å². The molecular weight excluding hydrogens is 402 g/mol. The Morgan fingerprint density at radius 2 is 1.87 bits per heavy atom. The summed E-state index contributed by atoms with van der Waals surface area (Å²) in [6.07, 6.45) is 0.153. The van der Waals surface area contributed by atoms with Gasteiger partial charge in [0.25, 0.3) is 0 Å². The second-order valence-corrected chi connectivity index (χ2v) is 9.01. The Kier molecular flexibility index (Phi) is 4.37. The fourth-order valence-electron chi connectivity index (χ4n) is 5.38. The fraction of sp³-hybridized carbons (Fsp3) is 0.318. The third-order valence-corrected chi connectivity index (χ3v) is 7.57. The largest absolute Gasteiger partial charge is 0.445 e. The molecule has 2 fully saturated rings. The van der Waals surface area contributed by atoms with E-state index in [1.54, 1.807) is 4.90 Å². The van der Waals surface area contributed by atoms with Crippen LogP contribution in [0.5, 0.6) is 0 Å². The number of likely N-dealkylation sites (tertiary alicyclic amines) is 1. The zero-order valence-electron chi connectivity index (χ0n) is 16.4. The summed E-state index contributed by atoms with van der Waals surface area (Å²) >= 11 is 0. The lowest BCUT2D eigenvalue weighted by Gasteiger charge is -2.51. The highest BCUT2D eigenvalue weighted by atomic mass is 32.2. The number of anilines is 1. The highest BCUT2D eigenvalue weighted by molar-refractivity contribution is 7.69. The number of piperidine rings is 1. The van der Waals surface area contributed by atoms with E-state index in [1.807, 2.05) is 54.6 Å². The van der Waals surface area contributed by atoms with Crippen molar-refractivity contribution < 1.29 is 17.9 Å². The van der Waals surface area contributed by atoms with Crippen molar-refractivity contribution in [2.24, 2.45) is 0 Å². The lowest BCUT2D eigenvalue weighted by Crippen LogP contribution is -2.68. The van der Waals surface area contributed by atoms with E-state index in [0.717, 1.165) is 22.4 Å². The Labute approximate surface area is 177 Å². The van der Waals surface area contributed by atoms with E-state index in [4.69, 9.17) is 4.74 Å². The molecule has 2 atom stereocenters. The van der Waals surface area contributed by atoms with E-state index in [-0.39, 0.29) is 13.2 Å².